The lowest BCUT2D eigenvalue weighted by atomic mass is 9.99. The molecule has 1 atom stereocenters. The summed E-state index contributed by atoms with van der Waals surface area (Å²) in [5, 5.41) is 5.01. The highest BCUT2D eigenvalue weighted by Crippen LogP contribution is 2.25. The van der Waals surface area contributed by atoms with E-state index in [0.29, 0.717) is 32.5 Å². The fourth-order valence-corrected chi connectivity index (χ4v) is 4.59. The highest BCUT2D eigenvalue weighted by Gasteiger charge is 2.33. The largest absolute Gasteiger partial charge is 0.491 e. The molecule has 2 aromatic carbocycles. The molecule has 7 nitrogen and oxygen atoms in total. The Morgan fingerprint density at radius 1 is 1.21 bits per heavy atom. The lowest BCUT2D eigenvalue weighted by molar-refractivity contribution is -0.126. The molecule has 1 amide bonds. The number of fused-ring (bicyclic) bond motifs is 1. The SMILES string of the molecule is CN(C)S(=O)(=O)N1CCC[C@H](C(=O)NCCOc2cccc3ccccc23)C1. The lowest BCUT2D eigenvalue weighted by Gasteiger charge is -2.32. The molecule has 8 heteroatoms. The number of nitrogens with one attached hydrogen (secondary N) is 1. The standard InChI is InChI=1S/C20H27N3O4S/c1-22(2)28(25,26)23-13-6-9-17(15-23)20(24)21-12-14-27-19-11-5-8-16-7-3-4-10-18(16)19/h3-5,7-8,10-11,17H,6,9,12-15H2,1-2H3,(H,21,24)/t17-/m0/s1. The zero-order valence-corrected chi connectivity index (χ0v) is 17.1. The van der Waals surface area contributed by atoms with Crippen molar-refractivity contribution in [3.8, 4) is 5.75 Å². The number of rotatable bonds is 7. The first-order valence-corrected chi connectivity index (χ1v) is 10.8. The summed E-state index contributed by atoms with van der Waals surface area (Å²) in [5.41, 5.74) is 0. The van der Waals surface area contributed by atoms with Crippen LogP contribution in [-0.2, 0) is 15.0 Å². The Bertz CT molecular complexity index is 925. The van der Waals surface area contributed by atoms with Crippen molar-refractivity contribution < 1.29 is 17.9 Å². The van der Waals surface area contributed by atoms with E-state index in [1.165, 1.54) is 22.7 Å². The van der Waals surface area contributed by atoms with Crippen molar-refractivity contribution in [1.29, 1.82) is 0 Å². The van der Waals surface area contributed by atoms with Gasteiger partial charge in [-0.2, -0.15) is 17.0 Å². The van der Waals surface area contributed by atoms with Gasteiger partial charge < -0.3 is 10.1 Å². The first-order valence-electron chi connectivity index (χ1n) is 9.45. The average molecular weight is 406 g/mol. The van der Waals surface area contributed by atoms with Crippen LogP contribution >= 0.6 is 0 Å². The zero-order chi connectivity index (χ0) is 20.1. The number of hydrogen-bond donors (Lipinski definition) is 1. The predicted molar refractivity (Wildman–Crippen MR) is 109 cm³/mol. The third kappa shape index (κ3) is 4.63. The fraction of sp³-hybridized carbons (Fsp3) is 0.450. The maximum absolute atomic E-state index is 12.5. The lowest BCUT2D eigenvalue weighted by Crippen LogP contribution is -2.49. The maximum atomic E-state index is 12.5. The summed E-state index contributed by atoms with van der Waals surface area (Å²) in [6.07, 6.45) is 1.37. The number of benzene rings is 2. The van der Waals surface area contributed by atoms with E-state index in [1.807, 2.05) is 42.5 Å². The minimum atomic E-state index is -3.49. The van der Waals surface area contributed by atoms with Gasteiger partial charge in [-0.1, -0.05) is 36.4 Å². The number of amides is 1. The molecule has 1 saturated heterocycles. The van der Waals surface area contributed by atoms with Crippen molar-refractivity contribution in [3.63, 3.8) is 0 Å². The number of carbonyl (C=O) groups excluding carboxylic acids is 1. The number of ether oxygens (including phenoxy) is 1. The number of hydrogen-bond acceptors (Lipinski definition) is 4. The first-order chi connectivity index (χ1) is 13.4. The third-order valence-electron chi connectivity index (χ3n) is 4.95. The molecule has 1 heterocycles. The topological polar surface area (TPSA) is 79.0 Å². The van der Waals surface area contributed by atoms with Gasteiger partial charge in [-0.05, 0) is 24.3 Å². The van der Waals surface area contributed by atoms with Gasteiger partial charge in [-0.25, -0.2) is 0 Å². The molecule has 1 fully saturated rings. The Labute approximate surface area is 166 Å². The molecule has 152 valence electrons. The van der Waals surface area contributed by atoms with E-state index in [0.717, 1.165) is 16.5 Å². The van der Waals surface area contributed by atoms with Crippen LogP contribution in [0.15, 0.2) is 42.5 Å². The predicted octanol–water partition coefficient (Wildman–Crippen LogP) is 1.85. The third-order valence-corrected chi connectivity index (χ3v) is 6.86. The van der Waals surface area contributed by atoms with E-state index >= 15 is 0 Å². The monoisotopic (exact) mass is 405 g/mol. The van der Waals surface area contributed by atoms with Crippen LogP contribution in [0, 0.1) is 5.92 Å². The second-order valence-electron chi connectivity index (χ2n) is 7.10. The Hall–Kier alpha value is -2.16. The summed E-state index contributed by atoms with van der Waals surface area (Å²) in [4.78, 5) is 12.5. The summed E-state index contributed by atoms with van der Waals surface area (Å²) < 4.78 is 33.0. The summed E-state index contributed by atoms with van der Waals surface area (Å²) >= 11 is 0. The molecular weight excluding hydrogens is 378 g/mol. The van der Waals surface area contributed by atoms with Crippen LogP contribution in [0.4, 0.5) is 0 Å². The van der Waals surface area contributed by atoms with Crippen LogP contribution in [0.2, 0.25) is 0 Å². The molecule has 28 heavy (non-hydrogen) atoms. The van der Waals surface area contributed by atoms with Crippen molar-refractivity contribution in [1.82, 2.24) is 13.9 Å². The van der Waals surface area contributed by atoms with E-state index in [1.54, 1.807) is 0 Å². The molecule has 2 aromatic rings. The second kappa shape index (κ2) is 8.89. The summed E-state index contributed by atoms with van der Waals surface area (Å²) in [6.45, 7) is 1.40. The number of nitrogens with zero attached hydrogens (tertiary/aromatic N) is 2. The maximum Gasteiger partial charge on any atom is 0.281 e. The minimum Gasteiger partial charge on any atom is -0.491 e. The highest BCUT2D eigenvalue weighted by molar-refractivity contribution is 7.86. The second-order valence-corrected chi connectivity index (χ2v) is 9.25. The van der Waals surface area contributed by atoms with Crippen molar-refractivity contribution >= 4 is 26.9 Å². The van der Waals surface area contributed by atoms with Crippen LogP contribution in [0.1, 0.15) is 12.8 Å². The van der Waals surface area contributed by atoms with Gasteiger partial charge in [0.15, 0.2) is 0 Å². The summed E-state index contributed by atoms with van der Waals surface area (Å²) in [5.74, 6) is 0.328. The quantitative estimate of drug-likeness (QED) is 0.713. The van der Waals surface area contributed by atoms with Crippen LogP contribution in [0.3, 0.4) is 0 Å². The van der Waals surface area contributed by atoms with Crippen molar-refractivity contribution in [3.05, 3.63) is 42.5 Å². The van der Waals surface area contributed by atoms with Gasteiger partial charge in [0.1, 0.15) is 12.4 Å². The Morgan fingerprint density at radius 3 is 2.75 bits per heavy atom. The van der Waals surface area contributed by atoms with E-state index < -0.39 is 10.2 Å². The molecule has 0 radical (unpaired) electrons. The molecule has 0 aliphatic carbocycles. The van der Waals surface area contributed by atoms with Crippen molar-refractivity contribution in [2.24, 2.45) is 5.92 Å². The van der Waals surface area contributed by atoms with E-state index in [-0.39, 0.29) is 18.4 Å². The molecule has 1 aliphatic rings. The average Bonchev–Trinajstić information content (AvgIpc) is 2.71. The van der Waals surface area contributed by atoms with Crippen molar-refractivity contribution in [2.45, 2.75) is 12.8 Å². The van der Waals surface area contributed by atoms with Gasteiger partial charge in [0.25, 0.3) is 10.2 Å². The van der Waals surface area contributed by atoms with Gasteiger partial charge in [-0.3, -0.25) is 4.79 Å². The molecule has 0 aromatic heterocycles. The van der Waals surface area contributed by atoms with Gasteiger partial charge in [-0.15, -0.1) is 0 Å². The summed E-state index contributed by atoms with van der Waals surface area (Å²) in [7, 11) is -0.479. The summed E-state index contributed by atoms with van der Waals surface area (Å²) in [6, 6.07) is 13.9. The Balaban J connectivity index is 1.50. The van der Waals surface area contributed by atoms with Crippen molar-refractivity contribution in [2.75, 3.05) is 40.3 Å². The van der Waals surface area contributed by atoms with E-state index in [2.05, 4.69) is 5.32 Å². The number of carbonyl (C=O) groups is 1. The van der Waals surface area contributed by atoms with E-state index in [4.69, 9.17) is 4.74 Å². The molecule has 0 bridgehead atoms. The van der Waals surface area contributed by atoms with Crippen LogP contribution in [-0.4, -0.2) is 63.3 Å². The zero-order valence-electron chi connectivity index (χ0n) is 16.3. The molecule has 0 unspecified atom stereocenters. The number of piperidine rings is 1. The highest BCUT2D eigenvalue weighted by atomic mass is 32.2. The smallest absolute Gasteiger partial charge is 0.281 e. The minimum absolute atomic E-state index is 0.125. The van der Waals surface area contributed by atoms with E-state index in [9.17, 15) is 13.2 Å². The molecule has 0 spiro atoms. The fourth-order valence-electron chi connectivity index (χ4n) is 3.40. The molecule has 0 saturated carbocycles. The van der Waals surface area contributed by atoms with Gasteiger partial charge in [0.2, 0.25) is 5.91 Å². The molecule has 3 rings (SSSR count). The normalized spacial score (nSPS) is 18.3. The van der Waals surface area contributed by atoms with Gasteiger partial charge in [0, 0.05) is 32.6 Å². The molecule has 1 aliphatic heterocycles. The first kappa shape index (κ1) is 20.6. The van der Waals surface area contributed by atoms with Gasteiger partial charge >= 0.3 is 0 Å². The Kier molecular flexibility index (Phi) is 6.53. The molecular formula is C20H27N3O4S. The van der Waals surface area contributed by atoms with Gasteiger partial charge in [0.05, 0.1) is 12.5 Å². The van der Waals surface area contributed by atoms with Crippen LogP contribution in [0.25, 0.3) is 10.8 Å². The molecule has 1 N–H and O–H groups in total. The Morgan fingerprint density at radius 2 is 1.96 bits per heavy atom. The van der Waals surface area contributed by atoms with Crippen LogP contribution in [0.5, 0.6) is 5.75 Å². The van der Waals surface area contributed by atoms with Crippen LogP contribution < -0.4 is 10.1 Å².